The monoisotopic (exact) mass is 354 g/mol. The molecule has 0 bridgehead atoms. The third-order valence-corrected chi connectivity index (χ3v) is 4.82. The first kappa shape index (κ1) is 18.4. The molecule has 2 aromatic rings. The summed E-state index contributed by atoms with van der Waals surface area (Å²) < 4.78 is 5.36. The van der Waals surface area contributed by atoms with Crippen LogP contribution in [-0.2, 0) is 20.7 Å². The minimum Gasteiger partial charge on any atom is -0.453 e. The van der Waals surface area contributed by atoms with Crippen LogP contribution in [0.2, 0.25) is 0 Å². The number of esters is 1. The van der Waals surface area contributed by atoms with E-state index >= 15 is 0 Å². The van der Waals surface area contributed by atoms with Gasteiger partial charge in [-0.05, 0) is 31.9 Å². The quantitative estimate of drug-likeness (QED) is 0.771. The Labute approximate surface area is 154 Å². The van der Waals surface area contributed by atoms with Crippen molar-refractivity contribution in [2.45, 2.75) is 51.6 Å². The van der Waals surface area contributed by atoms with Crippen molar-refractivity contribution in [3.8, 4) is 0 Å². The molecule has 3 rings (SSSR count). The number of hydrogen-bond acceptors (Lipinski definition) is 4. The number of nitrogens with zero attached hydrogens (tertiary/aromatic N) is 2. The zero-order chi connectivity index (χ0) is 18.4. The Balaban J connectivity index is 1.50. The third kappa shape index (κ3) is 4.81. The second kappa shape index (κ2) is 8.79. The molecule has 1 amide bonds. The highest BCUT2D eigenvalue weighted by Gasteiger charge is 2.24. The highest BCUT2D eigenvalue weighted by molar-refractivity contribution is 5.83. The number of aryl methyl sites for hydroxylation is 1. The first-order valence-corrected chi connectivity index (χ1v) is 9.46. The molecule has 0 radical (unpaired) electrons. The molecule has 0 N–H and O–H groups in total. The van der Waals surface area contributed by atoms with Crippen molar-refractivity contribution in [1.82, 2.24) is 9.88 Å². The molecule has 1 unspecified atom stereocenters. The van der Waals surface area contributed by atoms with E-state index in [2.05, 4.69) is 4.98 Å². The molecule has 138 valence electrons. The van der Waals surface area contributed by atoms with Crippen molar-refractivity contribution >= 4 is 22.8 Å². The summed E-state index contributed by atoms with van der Waals surface area (Å²) >= 11 is 0. The fourth-order valence-corrected chi connectivity index (χ4v) is 3.33. The smallest absolute Gasteiger partial charge is 0.306 e. The number of hydrogen-bond donors (Lipinski definition) is 0. The van der Waals surface area contributed by atoms with Crippen LogP contribution in [0.25, 0.3) is 10.9 Å². The standard InChI is InChI=1S/C21H26N2O3/c1-16(21(25)23-14-6-2-3-7-15-23)26-20(24)13-12-18-11-10-17-8-4-5-9-19(17)22-18/h4-5,8-11,16H,2-3,6-7,12-15H2,1H3. The van der Waals surface area contributed by atoms with Gasteiger partial charge in [-0.25, -0.2) is 0 Å². The van der Waals surface area contributed by atoms with Crippen LogP contribution in [0.5, 0.6) is 0 Å². The summed E-state index contributed by atoms with van der Waals surface area (Å²) in [6, 6.07) is 11.8. The Bertz CT molecular complexity index is 767. The first-order valence-electron chi connectivity index (χ1n) is 9.46. The highest BCUT2D eigenvalue weighted by Crippen LogP contribution is 2.14. The second-order valence-corrected chi connectivity index (χ2v) is 6.87. The number of carbonyl (C=O) groups excluding carboxylic acids is 2. The lowest BCUT2D eigenvalue weighted by atomic mass is 10.1. The Morgan fingerprint density at radius 3 is 2.58 bits per heavy atom. The zero-order valence-electron chi connectivity index (χ0n) is 15.3. The van der Waals surface area contributed by atoms with Crippen LogP contribution in [0.3, 0.4) is 0 Å². The van der Waals surface area contributed by atoms with Gasteiger partial charge in [0, 0.05) is 30.6 Å². The van der Waals surface area contributed by atoms with Gasteiger partial charge in [0.15, 0.2) is 6.10 Å². The molecule has 5 heteroatoms. The summed E-state index contributed by atoms with van der Waals surface area (Å²) in [6.45, 7) is 3.20. The Kier molecular flexibility index (Phi) is 6.21. The minimum absolute atomic E-state index is 0.0796. The van der Waals surface area contributed by atoms with Gasteiger partial charge in [0.1, 0.15) is 0 Å². The number of para-hydroxylation sites is 1. The van der Waals surface area contributed by atoms with Crippen molar-refractivity contribution in [2.75, 3.05) is 13.1 Å². The molecular weight excluding hydrogens is 328 g/mol. The second-order valence-electron chi connectivity index (χ2n) is 6.87. The van der Waals surface area contributed by atoms with E-state index in [9.17, 15) is 9.59 Å². The van der Waals surface area contributed by atoms with Crippen LogP contribution in [-0.4, -0.2) is 41.0 Å². The number of fused-ring (bicyclic) bond motifs is 1. The van der Waals surface area contributed by atoms with Crippen molar-refractivity contribution in [1.29, 1.82) is 0 Å². The first-order chi connectivity index (χ1) is 12.6. The van der Waals surface area contributed by atoms with E-state index in [0.717, 1.165) is 55.4 Å². The van der Waals surface area contributed by atoms with Gasteiger partial charge in [-0.3, -0.25) is 14.6 Å². The average Bonchev–Trinajstić information content (AvgIpc) is 2.95. The molecule has 2 heterocycles. The van der Waals surface area contributed by atoms with Gasteiger partial charge < -0.3 is 9.64 Å². The number of likely N-dealkylation sites (tertiary alicyclic amines) is 1. The predicted octanol–water partition coefficient (Wildman–Crippen LogP) is 3.50. The van der Waals surface area contributed by atoms with E-state index in [-0.39, 0.29) is 18.3 Å². The van der Waals surface area contributed by atoms with Gasteiger partial charge in [0.2, 0.25) is 0 Å². The van der Waals surface area contributed by atoms with E-state index in [0.29, 0.717) is 6.42 Å². The normalized spacial score (nSPS) is 16.1. The van der Waals surface area contributed by atoms with E-state index < -0.39 is 6.10 Å². The number of pyridine rings is 1. The molecule has 1 aliphatic heterocycles. The molecule has 0 spiro atoms. The summed E-state index contributed by atoms with van der Waals surface area (Å²) in [5.74, 6) is -0.431. The molecule has 5 nitrogen and oxygen atoms in total. The van der Waals surface area contributed by atoms with E-state index in [1.165, 1.54) is 0 Å². The molecule has 1 atom stereocenters. The number of benzene rings is 1. The fraction of sp³-hybridized carbons (Fsp3) is 0.476. The third-order valence-electron chi connectivity index (χ3n) is 4.82. The van der Waals surface area contributed by atoms with Gasteiger partial charge >= 0.3 is 5.97 Å². The van der Waals surface area contributed by atoms with E-state index in [1.807, 2.05) is 41.3 Å². The molecule has 1 aromatic heterocycles. The Morgan fingerprint density at radius 1 is 1.08 bits per heavy atom. The van der Waals surface area contributed by atoms with Gasteiger partial charge in [0.25, 0.3) is 5.91 Å². The molecular formula is C21H26N2O3. The topological polar surface area (TPSA) is 59.5 Å². The molecule has 1 saturated heterocycles. The van der Waals surface area contributed by atoms with Crippen molar-refractivity contribution < 1.29 is 14.3 Å². The van der Waals surface area contributed by atoms with Gasteiger partial charge in [-0.15, -0.1) is 0 Å². The van der Waals surface area contributed by atoms with E-state index in [4.69, 9.17) is 4.74 Å². The highest BCUT2D eigenvalue weighted by atomic mass is 16.5. The van der Waals surface area contributed by atoms with Crippen LogP contribution >= 0.6 is 0 Å². The average molecular weight is 354 g/mol. The van der Waals surface area contributed by atoms with Gasteiger partial charge in [-0.2, -0.15) is 0 Å². The van der Waals surface area contributed by atoms with Crippen molar-refractivity contribution in [2.24, 2.45) is 0 Å². The largest absolute Gasteiger partial charge is 0.453 e. The summed E-state index contributed by atoms with van der Waals surface area (Å²) in [5, 5.41) is 1.08. The van der Waals surface area contributed by atoms with Crippen LogP contribution in [0, 0.1) is 0 Å². The van der Waals surface area contributed by atoms with Gasteiger partial charge in [-0.1, -0.05) is 37.1 Å². The molecule has 1 fully saturated rings. The maximum atomic E-state index is 12.4. The lowest BCUT2D eigenvalue weighted by Gasteiger charge is -2.24. The molecule has 26 heavy (non-hydrogen) atoms. The SMILES string of the molecule is CC(OC(=O)CCc1ccc2ccccc2n1)C(=O)N1CCCCCC1. The van der Waals surface area contributed by atoms with Crippen LogP contribution in [0.1, 0.15) is 44.7 Å². The summed E-state index contributed by atoms with van der Waals surface area (Å²) in [6.07, 6.45) is 4.40. The minimum atomic E-state index is -0.717. The number of carbonyl (C=O) groups is 2. The fourth-order valence-electron chi connectivity index (χ4n) is 3.33. The number of aromatic nitrogens is 1. The summed E-state index contributed by atoms with van der Waals surface area (Å²) in [7, 11) is 0. The Morgan fingerprint density at radius 2 is 1.81 bits per heavy atom. The predicted molar refractivity (Wildman–Crippen MR) is 101 cm³/mol. The number of rotatable bonds is 5. The summed E-state index contributed by atoms with van der Waals surface area (Å²) in [5.41, 5.74) is 1.77. The Hall–Kier alpha value is -2.43. The maximum absolute atomic E-state index is 12.4. The molecule has 0 saturated carbocycles. The molecule has 0 aliphatic carbocycles. The van der Waals surface area contributed by atoms with Crippen molar-refractivity contribution in [3.63, 3.8) is 0 Å². The summed E-state index contributed by atoms with van der Waals surface area (Å²) in [4.78, 5) is 31.0. The number of amides is 1. The number of ether oxygens (including phenoxy) is 1. The lowest BCUT2D eigenvalue weighted by molar-refractivity contribution is -0.159. The zero-order valence-corrected chi connectivity index (χ0v) is 15.3. The van der Waals surface area contributed by atoms with Crippen LogP contribution in [0.15, 0.2) is 36.4 Å². The molecule has 1 aromatic carbocycles. The maximum Gasteiger partial charge on any atom is 0.306 e. The lowest BCUT2D eigenvalue weighted by Crippen LogP contribution is -2.40. The van der Waals surface area contributed by atoms with Gasteiger partial charge in [0.05, 0.1) is 11.9 Å². The van der Waals surface area contributed by atoms with Crippen molar-refractivity contribution in [3.05, 3.63) is 42.1 Å². The van der Waals surface area contributed by atoms with Crippen LogP contribution < -0.4 is 0 Å². The van der Waals surface area contributed by atoms with Crippen LogP contribution in [0.4, 0.5) is 0 Å². The van der Waals surface area contributed by atoms with E-state index in [1.54, 1.807) is 6.92 Å². The molecule has 1 aliphatic rings.